The molecule has 1 heterocycles. The summed E-state index contributed by atoms with van der Waals surface area (Å²) in [7, 11) is 1.59. The van der Waals surface area contributed by atoms with Crippen LogP contribution in [0.1, 0.15) is 34.3 Å². The molecule has 0 spiro atoms. The van der Waals surface area contributed by atoms with Crippen molar-refractivity contribution in [3.05, 3.63) is 65.2 Å². The largest absolute Gasteiger partial charge is 0.497 e. The predicted octanol–water partition coefficient (Wildman–Crippen LogP) is 2.72. The highest BCUT2D eigenvalue weighted by atomic mass is 16.5. The van der Waals surface area contributed by atoms with E-state index in [9.17, 15) is 14.4 Å². The number of carbonyl (C=O) groups excluding carboxylic acids is 3. The number of hydrogen-bond acceptors (Lipinski definition) is 5. The SMILES string of the molecule is COc1ccc(CNC(=O)COC(=O)C2CCN(C(=O)c3ccccc3C)CC2)cc1. The summed E-state index contributed by atoms with van der Waals surface area (Å²) in [5.41, 5.74) is 2.55. The lowest BCUT2D eigenvalue weighted by molar-refractivity contribution is -0.153. The number of esters is 1. The van der Waals surface area contributed by atoms with Gasteiger partial charge in [-0.25, -0.2) is 0 Å². The van der Waals surface area contributed by atoms with Crippen LogP contribution in [0.5, 0.6) is 5.75 Å². The molecule has 7 nitrogen and oxygen atoms in total. The Bertz CT molecular complexity index is 918. The molecule has 1 aliphatic rings. The third kappa shape index (κ3) is 6.07. The molecule has 1 saturated heterocycles. The van der Waals surface area contributed by atoms with E-state index in [2.05, 4.69) is 5.32 Å². The lowest BCUT2D eigenvalue weighted by Gasteiger charge is -2.31. The summed E-state index contributed by atoms with van der Waals surface area (Å²) < 4.78 is 10.3. The first-order chi connectivity index (χ1) is 15.0. The van der Waals surface area contributed by atoms with Crippen molar-refractivity contribution in [3.8, 4) is 5.75 Å². The molecular weight excluding hydrogens is 396 g/mol. The Morgan fingerprint density at radius 3 is 2.35 bits per heavy atom. The highest BCUT2D eigenvalue weighted by Gasteiger charge is 2.29. The Kier molecular flexibility index (Phi) is 7.65. The fraction of sp³-hybridized carbons (Fsp3) is 0.375. The van der Waals surface area contributed by atoms with Gasteiger partial charge < -0.3 is 19.7 Å². The first-order valence-electron chi connectivity index (χ1n) is 10.4. The average molecular weight is 424 g/mol. The zero-order valence-corrected chi connectivity index (χ0v) is 17.9. The maximum absolute atomic E-state index is 12.7. The zero-order chi connectivity index (χ0) is 22.2. The van der Waals surface area contributed by atoms with Crippen LogP contribution >= 0.6 is 0 Å². The van der Waals surface area contributed by atoms with E-state index in [1.54, 1.807) is 12.0 Å². The third-order valence-electron chi connectivity index (χ3n) is 5.49. The van der Waals surface area contributed by atoms with Crippen LogP contribution < -0.4 is 10.1 Å². The summed E-state index contributed by atoms with van der Waals surface area (Å²) in [5, 5.41) is 2.73. The third-order valence-corrected chi connectivity index (χ3v) is 5.49. The number of rotatable bonds is 7. The molecule has 2 aromatic rings. The molecule has 164 valence electrons. The average Bonchev–Trinajstić information content (AvgIpc) is 2.81. The lowest BCUT2D eigenvalue weighted by atomic mass is 9.96. The second kappa shape index (κ2) is 10.6. The van der Waals surface area contributed by atoms with Crippen LogP contribution in [0.4, 0.5) is 0 Å². The van der Waals surface area contributed by atoms with Crippen molar-refractivity contribution in [2.24, 2.45) is 5.92 Å². The Hall–Kier alpha value is -3.35. The van der Waals surface area contributed by atoms with E-state index in [0.717, 1.165) is 16.9 Å². The number of carbonyl (C=O) groups is 3. The number of nitrogens with zero attached hydrogens (tertiary/aromatic N) is 1. The number of aryl methyl sites for hydroxylation is 1. The van der Waals surface area contributed by atoms with Crippen LogP contribution in [0.25, 0.3) is 0 Å². The van der Waals surface area contributed by atoms with Gasteiger partial charge in [-0.05, 0) is 49.1 Å². The topological polar surface area (TPSA) is 84.9 Å². The van der Waals surface area contributed by atoms with Crippen molar-refractivity contribution < 1.29 is 23.9 Å². The van der Waals surface area contributed by atoms with Crippen LogP contribution in [-0.2, 0) is 20.9 Å². The number of methoxy groups -OCH3 is 1. The molecule has 2 aromatic carbocycles. The zero-order valence-electron chi connectivity index (χ0n) is 17.9. The molecule has 0 radical (unpaired) electrons. The highest BCUT2D eigenvalue weighted by molar-refractivity contribution is 5.95. The van der Waals surface area contributed by atoms with Crippen molar-refractivity contribution in [2.45, 2.75) is 26.3 Å². The lowest BCUT2D eigenvalue weighted by Crippen LogP contribution is -2.41. The first kappa shape index (κ1) is 22.3. The van der Waals surface area contributed by atoms with Gasteiger partial charge in [0.25, 0.3) is 11.8 Å². The smallest absolute Gasteiger partial charge is 0.309 e. The van der Waals surface area contributed by atoms with Crippen molar-refractivity contribution in [1.29, 1.82) is 0 Å². The second-order valence-electron chi connectivity index (χ2n) is 7.61. The monoisotopic (exact) mass is 424 g/mol. The van der Waals surface area contributed by atoms with Gasteiger partial charge in [0.15, 0.2) is 6.61 Å². The van der Waals surface area contributed by atoms with E-state index < -0.39 is 0 Å². The minimum atomic E-state index is -0.386. The van der Waals surface area contributed by atoms with Gasteiger partial charge in [0.2, 0.25) is 0 Å². The molecular formula is C24H28N2O5. The first-order valence-corrected chi connectivity index (χ1v) is 10.4. The van der Waals surface area contributed by atoms with Crippen LogP contribution in [0.15, 0.2) is 48.5 Å². The molecule has 1 fully saturated rings. The predicted molar refractivity (Wildman–Crippen MR) is 116 cm³/mol. The molecule has 0 aliphatic carbocycles. The molecule has 1 aliphatic heterocycles. The minimum absolute atomic E-state index is 0.0113. The number of piperidine rings is 1. The van der Waals surface area contributed by atoms with E-state index in [1.165, 1.54) is 0 Å². The van der Waals surface area contributed by atoms with Crippen LogP contribution in [0.3, 0.4) is 0 Å². The standard InChI is InChI=1S/C24H28N2O5/c1-17-5-3-4-6-21(17)23(28)26-13-11-19(12-14-26)24(29)31-16-22(27)25-15-18-7-9-20(30-2)10-8-18/h3-10,19H,11-16H2,1-2H3,(H,25,27). The number of ether oxygens (including phenoxy) is 2. The number of benzene rings is 2. The maximum Gasteiger partial charge on any atom is 0.309 e. The minimum Gasteiger partial charge on any atom is -0.497 e. The quantitative estimate of drug-likeness (QED) is 0.691. The van der Waals surface area contributed by atoms with Crippen molar-refractivity contribution >= 4 is 17.8 Å². The molecule has 0 aromatic heterocycles. The summed E-state index contributed by atoms with van der Waals surface area (Å²) in [5.74, 6) is -0.298. The van der Waals surface area contributed by atoms with E-state index in [-0.39, 0.29) is 30.3 Å². The molecule has 0 unspecified atom stereocenters. The van der Waals surface area contributed by atoms with E-state index in [1.807, 2.05) is 55.5 Å². The van der Waals surface area contributed by atoms with Gasteiger partial charge in [0.1, 0.15) is 5.75 Å². The number of amides is 2. The summed E-state index contributed by atoms with van der Waals surface area (Å²) in [4.78, 5) is 38.8. The molecule has 31 heavy (non-hydrogen) atoms. The van der Waals surface area contributed by atoms with Gasteiger partial charge in [-0.3, -0.25) is 14.4 Å². The molecule has 0 saturated carbocycles. The normalized spacial score (nSPS) is 14.1. The molecule has 1 N–H and O–H groups in total. The maximum atomic E-state index is 12.7. The summed E-state index contributed by atoms with van der Waals surface area (Å²) >= 11 is 0. The van der Waals surface area contributed by atoms with Gasteiger partial charge in [0.05, 0.1) is 13.0 Å². The van der Waals surface area contributed by atoms with Crippen LogP contribution in [0.2, 0.25) is 0 Å². The molecule has 0 atom stereocenters. The number of likely N-dealkylation sites (tertiary alicyclic amines) is 1. The van der Waals surface area contributed by atoms with Gasteiger partial charge >= 0.3 is 5.97 Å². The Morgan fingerprint density at radius 2 is 1.71 bits per heavy atom. The number of nitrogens with one attached hydrogen (secondary N) is 1. The van der Waals surface area contributed by atoms with E-state index in [4.69, 9.17) is 9.47 Å². The number of hydrogen-bond donors (Lipinski definition) is 1. The van der Waals surface area contributed by atoms with Crippen molar-refractivity contribution in [3.63, 3.8) is 0 Å². The van der Waals surface area contributed by atoms with Crippen molar-refractivity contribution in [1.82, 2.24) is 10.2 Å². The van der Waals surface area contributed by atoms with Gasteiger partial charge in [0, 0.05) is 25.2 Å². The molecule has 0 bridgehead atoms. The Labute approximate surface area is 182 Å². The summed E-state index contributed by atoms with van der Waals surface area (Å²) in [6, 6.07) is 14.8. The van der Waals surface area contributed by atoms with E-state index >= 15 is 0 Å². The van der Waals surface area contributed by atoms with Gasteiger partial charge in [-0.2, -0.15) is 0 Å². The highest BCUT2D eigenvalue weighted by Crippen LogP contribution is 2.21. The Morgan fingerprint density at radius 1 is 1.03 bits per heavy atom. The summed E-state index contributed by atoms with van der Waals surface area (Å²) in [6.07, 6.45) is 1.06. The van der Waals surface area contributed by atoms with E-state index in [0.29, 0.717) is 38.0 Å². The fourth-order valence-electron chi connectivity index (χ4n) is 3.55. The molecule has 7 heteroatoms. The van der Waals surface area contributed by atoms with Gasteiger partial charge in [-0.15, -0.1) is 0 Å². The Balaban J connectivity index is 1.39. The van der Waals surface area contributed by atoms with Crippen LogP contribution in [-0.4, -0.2) is 49.5 Å². The van der Waals surface area contributed by atoms with Crippen molar-refractivity contribution in [2.75, 3.05) is 26.8 Å². The van der Waals surface area contributed by atoms with Crippen LogP contribution in [0, 0.1) is 12.8 Å². The molecule has 3 rings (SSSR count). The second-order valence-corrected chi connectivity index (χ2v) is 7.61. The fourth-order valence-corrected chi connectivity index (χ4v) is 3.55. The summed E-state index contributed by atoms with van der Waals surface area (Å²) in [6.45, 7) is 2.95. The molecule has 2 amide bonds. The van der Waals surface area contributed by atoms with Gasteiger partial charge in [-0.1, -0.05) is 30.3 Å².